The van der Waals surface area contributed by atoms with E-state index >= 15 is 0 Å². The summed E-state index contributed by atoms with van der Waals surface area (Å²) in [5.74, 6) is -0.257. The lowest BCUT2D eigenvalue weighted by atomic mass is 10.1. The third-order valence-corrected chi connectivity index (χ3v) is 3.67. The molecule has 0 aliphatic rings. The van der Waals surface area contributed by atoms with Gasteiger partial charge in [-0.1, -0.05) is 42.8 Å². The van der Waals surface area contributed by atoms with Crippen LogP contribution in [0.25, 0.3) is 0 Å². The van der Waals surface area contributed by atoms with E-state index in [4.69, 9.17) is 11.6 Å². The number of rotatable bonds is 6. The number of para-hydroxylation sites is 2. The molecule has 0 fully saturated rings. The quantitative estimate of drug-likeness (QED) is 0.775. The lowest BCUT2D eigenvalue weighted by Gasteiger charge is -2.24. The summed E-state index contributed by atoms with van der Waals surface area (Å²) in [5.41, 5.74) is 2.41. The van der Waals surface area contributed by atoms with E-state index in [0.717, 1.165) is 24.2 Å². The van der Waals surface area contributed by atoms with Crippen molar-refractivity contribution in [1.82, 2.24) is 5.32 Å². The number of nitrogens with zero attached hydrogens (tertiary/aromatic N) is 1. The first-order chi connectivity index (χ1) is 10.1. The molecule has 0 bridgehead atoms. The lowest BCUT2D eigenvalue weighted by molar-refractivity contribution is 0.627. The van der Waals surface area contributed by atoms with E-state index < -0.39 is 0 Å². The van der Waals surface area contributed by atoms with Crippen LogP contribution < -0.4 is 10.2 Å². The molecule has 1 N–H and O–H groups in total. The van der Waals surface area contributed by atoms with Crippen LogP contribution in [-0.2, 0) is 6.54 Å². The molecule has 4 heteroatoms. The van der Waals surface area contributed by atoms with Crippen LogP contribution >= 0.6 is 11.6 Å². The Morgan fingerprint density at radius 2 is 1.90 bits per heavy atom. The number of hydrogen-bond acceptors (Lipinski definition) is 2. The Hall–Kier alpha value is -1.58. The van der Waals surface area contributed by atoms with Crippen LogP contribution in [0.1, 0.15) is 18.9 Å². The summed E-state index contributed by atoms with van der Waals surface area (Å²) < 4.78 is 14.0. The normalized spacial score (nSPS) is 10.7. The molecule has 21 heavy (non-hydrogen) atoms. The second-order valence-electron chi connectivity index (χ2n) is 4.93. The predicted molar refractivity (Wildman–Crippen MR) is 87.9 cm³/mol. The summed E-state index contributed by atoms with van der Waals surface area (Å²) in [6.07, 6.45) is 1.07. The van der Waals surface area contributed by atoms with Gasteiger partial charge in [0.2, 0.25) is 0 Å². The second kappa shape index (κ2) is 7.43. The monoisotopic (exact) mass is 306 g/mol. The fourth-order valence-corrected chi connectivity index (χ4v) is 2.64. The van der Waals surface area contributed by atoms with Gasteiger partial charge in [0, 0.05) is 13.6 Å². The molecular formula is C17H20ClFN2. The van der Waals surface area contributed by atoms with Gasteiger partial charge in [-0.3, -0.25) is 0 Å². The van der Waals surface area contributed by atoms with Crippen LogP contribution in [0.4, 0.5) is 15.8 Å². The van der Waals surface area contributed by atoms with E-state index in [2.05, 4.69) is 12.2 Å². The zero-order valence-corrected chi connectivity index (χ0v) is 13.1. The molecule has 0 amide bonds. The van der Waals surface area contributed by atoms with Crippen LogP contribution in [0.2, 0.25) is 5.02 Å². The molecule has 0 spiro atoms. The van der Waals surface area contributed by atoms with Crippen LogP contribution in [0.3, 0.4) is 0 Å². The highest BCUT2D eigenvalue weighted by Crippen LogP contribution is 2.34. The van der Waals surface area contributed by atoms with E-state index in [9.17, 15) is 4.39 Å². The summed E-state index contributed by atoms with van der Waals surface area (Å²) in [4.78, 5) is 1.81. The summed E-state index contributed by atoms with van der Waals surface area (Å²) >= 11 is 6.35. The first-order valence-corrected chi connectivity index (χ1v) is 7.49. The van der Waals surface area contributed by atoms with Gasteiger partial charge in [0.05, 0.1) is 16.4 Å². The van der Waals surface area contributed by atoms with Crippen molar-refractivity contribution < 1.29 is 4.39 Å². The first-order valence-electron chi connectivity index (χ1n) is 7.11. The highest BCUT2D eigenvalue weighted by molar-refractivity contribution is 6.33. The summed E-state index contributed by atoms with van der Waals surface area (Å²) in [6, 6.07) is 12.5. The smallest absolute Gasteiger partial charge is 0.146 e. The van der Waals surface area contributed by atoms with Gasteiger partial charge in [0.15, 0.2) is 0 Å². The van der Waals surface area contributed by atoms with Gasteiger partial charge in [0.25, 0.3) is 0 Å². The van der Waals surface area contributed by atoms with Gasteiger partial charge in [0.1, 0.15) is 5.82 Å². The fraction of sp³-hybridized carbons (Fsp3) is 0.294. The Bertz CT molecular complexity index is 601. The van der Waals surface area contributed by atoms with Gasteiger partial charge in [-0.2, -0.15) is 0 Å². The number of anilines is 2. The molecule has 0 heterocycles. The molecule has 0 aliphatic heterocycles. The molecular weight excluding hydrogens is 287 g/mol. The maximum Gasteiger partial charge on any atom is 0.146 e. The van der Waals surface area contributed by atoms with Crippen molar-refractivity contribution in [3.05, 3.63) is 58.9 Å². The van der Waals surface area contributed by atoms with Crippen LogP contribution in [0.15, 0.2) is 42.5 Å². The Morgan fingerprint density at radius 1 is 1.14 bits per heavy atom. The summed E-state index contributed by atoms with van der Waals surface area (Å²) in [6.45, 7) is 3.77. The Balaban J connectivity index is 2.35. The summed E-state index contributed by atoms with van der Waals surface area (Å²) in [7, 11) is 1.84. The van der Waals surface area contributed by atoms with Gasteiger partial charge in [-0.25, -0.2) is 4.39 Å². The van der Waals surface area contributed by atoms with E-state index in [0.29, 0.717) is 17.3 Å². The molecule has 112 valence electrons. The average molecular weight is 307 g/mol. The largest absolute Gasteiger partial charge is 0.341 e. The van der Waals surface area contributed by atoms with Crippen molar-refractivity contribution in [3.8, 4) is 0 Å². The third-order valence-electron chi connectivity index (χ3n) is 3.36. The van der Waals surface area contributed by atoms with Crippen LogP contribution in [-0.4, -0.2) is 13.6 Å². The molecule has 0 unspecified atom stereocenters. The Kier molecular flexibility index (Phi) is 5.59. The van der Waals surface area contributed by atoms with E-state index in [1.54, 1.807) is 17.0 Å². The van der Waals surface area contributed by atoms with Crippen LogP contribution in [0.5, 0.6) is 0 Å². The van der Waals surface area contributed by atoms with Gasteiger partial charge in [-0.05, 0) is 36.7 Å². The molecule has 2 rings (SSSR count). The Labute approximate surface area is 130 Å². The number of hydrogen-bond donors (Lipinski definition) is 1. The topological polar surface area (TPSA) is 15.3 Å². The predicted octanol–water partition coefficient (Wildman–Crippen LogP) is 4.75. The summed E-state index contributed by atoms with van der Waals surface area (Å²) in [5, 5.41) is 3.98. The SMILES string of the molecule is CCCNCc1cccc(Cl)c1N(C)c1ccccc1F. The highest BCUT2D eigenvalue weighted by atomic mass is 35.5. The average Bonchev–Trinajstić information content (AvgIpc) is 2.47. The van der Waals surface area contributed by atoms with Crippen LogP contribution in [0, 0.1) is 5.82 Å². The standard InChI is InChI=1S/C17H20ClFN2/c1-3-11-20-12-13-7-6-8-14(18)17(13)21(2)16-10-5-4-9-15(16)19/h4-10,20H,3,11-12H2,1-2H3. The molecule has 2 aromatic carbocycles. The zero-order chi connectivity index (χ0) is 15.2. The maximum absolute atomic E-state index is 14.0. The second-order valence-corrected chi connectivity index (χ2v) is 5.34. The molecule has 0 saturated heterocycles. The van der Waals surface area contributed by atoms with Crippen molar-refractivity contribution in [2.75, 3.05) is 18.5 Å². The molecule has 0 aromatic heterocycles. The maximum atomic E-state index is 14.0. The minimum absolute atomic E-state index is 0.257. The molecule has 0 aliphatic carbocycles. The number of nitrogens with one attached hydrogen (secondary N) is 1. The van der Waals surface area contributed by atoms with E-state index in [1.807, 2.05) is 31.3 Å². The van der Waals surface area contributed by atoms with Crippen molar-refractivity contribution in [1.29, 1.82) is 0 Å². The van der Waals surface area contributed by atoms with Crippen molar-refractivity contribution in [2.24, 2.45) is 0 Å². The van der Waals surface area contributed by atoms with E-state index in [1.165, 1.54) is 6.07 Å². The first kappa shape index (κ1) is 15.8. The van der Waals surface area contributed by atoms with Gasteiger partial charge >= 0.3 is 0 Å². The van der Waals surface area contributed by atoms with Crippen molar-refractivity contribution in [2.45, 2.75) is 19.9 Å². The minimum atomic E-state index is -0.257. The molecule has 0 atom stereocenters. The lowest BCUT2D eigenvalue weighted by Crippen LogP contribution is -2.19. The van der Waals surface area contributed by atoms with E-state index in [-0.39, 0.29) is 5.82 Å². The minimum Gasteiger partial charge on any atom is -0.341 e. The number of benzene rings is 2. The third kappa shape index (κ3) is 3.74. The molecule has 0 saturated carbocycles. The number of halogens is 2. The molecule has 2 aromatic rings. The fourth-order valence-electron chi connectivity index (χ4n) is 2.32. The zero-order valence-electron chi connectivity index (χ0n) is 12.4. The Morgan fingerprint density at radius 3 is 2.62 bits per heavy atom. The highest BCUT2D eigenvalue weighted by Gasteiger charge is 2.15. The van der Waals surface area contributed by atoms with Gasteiger partial charge in [-0.15, -0.1) is 0 Å². The molecule has 0 radical (unpaired) electrons. The van der Waals surface area contributed by atoms with Crippen molar-refractivity contribution >= 4 is 23.0 Å². The van der Waals surface area contributed by atoms with Crippen molar-refractivity contribution in [3.63, 3.8) is 0 Å². The van der Waals surface area contributed by atoms with Gasteiger partial charge < -0.3 is 10.2 Å². The molecule has 2 nitrogen and oxygen atoms in total.